The monoisotopic (exact) mass is 316 g/mol. The van der Waals surface area contributed by atoms with Gasteiger partial charge < -0.3 is 9.67 Å². The minimum Gasteiger partial charge on any atom is -0.477 e. The maximum Gasteiger partial charge on any atom is 0.354 e. The van der Waals surface area contributed by atoms with Gasteiger partial charge in [0.2, 0.25) is 0 Å². The molecule has 0 radical (unpaired) electrons. The van der Waals surface area contributed by atoms with Crippen LogP contribution in [-0.4, -0.2) is 20.6 Å². The number of hydrogen-bond acceptors (Lipinski definition) is 2. The molecule has 2 aromatic carbocycles. The van der Waals surface area contributed by atoms with Crippen LogP contribution >= 0.6 is 0 Å². The second-order valence-corrected chi connectivity index (χ2v) is 5.43. The summed E-state index contributed by atoms with van der Waals surface area (Å²) in [5.41, 5.74) is 3.77. The molecule has 24 heavy (non-hydrogen) atoms. The molecule has 0 saturated heterocycles. The second kappa shape index (κ2) is 6.43. The van der Waals surface area contributed by atoms with E-state index in [0.29, 0.717) is 11.5 Å². The van der Waals surface area contributed by atoms with E-state index < -0.39 is 5.97 Å². The molecule has 0 aliphatic carbocycles. The van der Waals surface area contributed by atoms with Gasteiger partial charge in [-0.3, -0.25) is 0 Å². The summed E-state index contributed by atoms with van der Waals surface area (Å²) in [5, 5.41) is 9.17. The Hall–Kier alpha value is -3.32. The summed E-state index contributed by atoms with van der Waals surface area (Å²) >= 11 is 0. The summed E-state index contributed by atoms with van der Waals surface area (Å²) in [5.74, 6) is 5.42. The molecular weight excluding hydrogens is 300 g/mol. The average Bonchev–Trinajstić information content (AvgIpc) is 2.88. The highest BCUT2D eigenvalue weighted by atomic mass is 16.4. The number of imidazole rings is 1. The van der Waals surface area contributed by atoms with Gasteiger partial charge in [0.25, 0.3) is 0 Å². The van der Waals surface area contributed by atoms with E-state index in [0.717, 1.165) is 16.7 Å². The zero-order chi connectivity index (χ0) is 17.1. The summed E-state index contributed by atoms with van der Waals surface area (Å²) in [6.45, 7) is 1.67. The van der Waals surface area contributed by atoms with Crippen LogP contribution in [0.15, 0.2) is 54.6 Å². The van der Waals surface area contributed by atoms with Crippen molar-refractivity contribution < 1.29 is 9.90 Å². The molecule has 0 unspecified atom stereocenters. The number of hydrogen-bond donors (Lipinski definition) is 1. The summed E-state index contributed by atoms with van der Waals surface area (Å²) in [6, 6.07) is 18.1. The molecule has 1 aromatic heterocycles. The van der Waals surface area contributed by atoms with Gasteiger partial charge in [0, 0.05) is 12.6 Å². The first-order valence-corrected chi connectivity index (χ1v) is 7.50. The number of aryl methyl sites for hydroxylation is 1. The van der Waals surface area contributed by atoms with Crippen molar-refractivity contribution in [3.8, 4) is 23.0 Å². The van der Waals surface area contributed by atoms with E-state index >= 15 is 0 Å². The van der Waals surface area contributed by atoms with Gasteiger partial charge in [0.1, 0.15) is 0 Å². The van der Waals surface area contributed by atoms with Gasteiger partial charge in [-0.15, -0.1) is 0 Å². The van der Waals surface area contributed by atoms with Gasteiger partial charge in [0.05, 0.1) is 5.69 Å². The normalized spacial score (nSPS) is 10.1. The molecule has 3 rings (SSSR count). The van der Waals surface area contributed by atoms with Crippen molar-refractivity contribution in [2.45, 2.75) is 6.92 Å². The topological polar surface area (TPSA) is 55.1 Å². The molecule has 0 aliphatic rings. The van der Waals surface area contributed by atoms with E-state index in [9.17, 15) is 9.90 Å². The molecule has 1 N–H and O–H groups in total. The van der Waals surface area contributed by atoms with E-state index in [1.54, 1.807) is 14.0 Å². The number of aromatic nitrogens is 2. The van der Waals surface area contributed by atoms with Crippen LogP contribution in [-0.2, 0) is 7.05 Å². The van der Waals surface area contributed by atoms with Crippen LogP contribution in [0.3, 0.4) is 0 Å². The van der Waals surface area contributed by atoms with E-state index in [-0.39, 0.29) is 5.69 Å². The third kappa shape index (κ3) is 3.06. The third-order valence-electron chi connectivity index (χ3n) is 3.78. The third-order valence-corrected chi connectivity index (χ3v) is 3.78. The Morgan fingerprint density at radius 1 is 1.00 bits per heavy atom. The van der Waals surface area contributed by atoms with Crippen molar-refractivity contribution in [2.75, 3.05) is 0 Å². The molecule has 0 saturated carbocycles. The van der Waals surface area contributed by atoms with Gasteiger partial charge in [-0.1, -0.05) is 48.4 Å². The Morgan fingerprint density at radius 2 is 1.62 bits per heavy atom. The standard InChI is InChI=1S/C20H16N2O2/c1-14-19(20(23)24)22(2)18(21-14)13-10-15-8-11-17(12-9-15)16-6-4-3-5-7-16/h3-9,11-12H,1-2H3,(H,23,24). The number of rotatable bonds is 2. The average molecular weight is 316 g/mol. The highest BCUT2D eigenvalue weighted by molar-refractivity contribution is 5.87. The van der Waals surface area contributed by atoms with Crippen molar-refractivity contribution in [1.29, 1.82) is 0 Å². The predicted octanol–water partition coefficient (Wildman–Crippen LogP) is 3.49. The lowest BCUT2D eigenvalue weighted by molar-refractivity contribution is 0.0685. The summed E-state index contributed by atoms with van der Waals surface area (Å²) < 4.78 is 1.50. The molecule has 0 spiro atoms. The van der Waals surface area contributed by atoms with E-state index in [2.05, 4.69) is 29.0 Å². The molecule has 0 bridgehead atoms. The largest absolute Gasteiger partial charge is 0.477 e. The lowest BCUT2D eigenvalue weighted by Crippen LogP contribution is -2.07. The highest BCUT2D eigenvalue weighted by Gasteiger charge is 2.16. The number of aromatic carboxylic acids is 1. The Morgan fingerprint density at radius 3 is 2.21 bits per heavy atom. The Balaban J connectivity index is 1.87. The number of carboxylic acid groups (broad SMARTS) is 1. The Bertz CT molecular complexity index is 943. The zero-order valence-electron chi connectivity index (χ0n) is 13.4. The van der Waals surface area contributed by atoms with Gasteiger partial charge in [0.15, 0.2) is 11.5 Å². The molecule has 0 aliphatic heterocycles. The smallest absolute Gasteiger partial charge is 0.354 e. The Kier molecular flexibility index (Phi) is 4.17. The van der Waals surface area contributed by atoms with E-state index in [4.69, 9.17) is 0 Å². The van der Waals surface area contributed by atoms with Gasteiger partial charge >= 0.3 is 5.97 Å². The quantitative estimate of drug-likeness (QED) is 0.736. The molecule has 0 fully saturated rings. The van der Waals surface area contributed by atoms with Crippen LogP contribution in [0, 0.1) is 18.8 Å². The summed E-state index contributed by atoms with van der Waals surface area (Å²) in [6.07, 6.45) is 0. The van der Waals surface area contributed by atoms with Crippen LogP contribution in [0.1, 0.15) is 27.6 Å². The number of benzene rings is 2. The zero-order valence-corrected chi connectivity index (χ0v) is 13.4. The van der Waals surface area contributed by atoms with Gasteiger partial charge in [-0.25, -0.2) is 9.78 Å². The molecular formula is C20H16N2O2. The number of carbonyl (C=O) groups is 1. The molecule has 4 heteroatoms. The van der Waals surface area contributed by atoms with Crippen LogP contribution in [0.4, 0.5) is 0 Å². The van der Waals surface area contributed by atoms with Crippen molar-refractivity contribution in [1.82, 2.24) is 9.55 Å². The van der Waals surface area contributed by atoms with Crippen LogP contribution in [0.25, 0.3) is 11.1 Å². The van der Waals surface area contributed by atoms with Crippen LogP contribution in [0.5, 0.6) is 0 Å². The van der Waals surface area contributed by atoms with Crippen molar-refractivity contribution in [3.63, 3.8) is 0 Å². The first kappa shape index (κ1) is 15.6. The molecule has 3 aromatic rings. The first-order valence-electron chi connectivity index (χ1n) is 7.50. The van der Waals surface area contributed by atoms with E-state index in [1.807, 2.05) is 42.5 Å². The molecule has 0 atom stereocenters. The minimum absolute atomic E-state index is 0.165. The maximum absolute atomic E-state index is 11.2. The van der Waals surface area contributed by atoms with Crippen LogP contribution in [0.2, 0.25) is 0 Å². The predicted molar refractivity (Wildman–Crippen MR) is 92.8 cm³/mol. The first-order chi connectivity index (χ1) is 11.6. The maximum atomic E-state index is 11.2. The van der Waals surface area contributed by atoms with Crippen LogP contribution < -0.4 is 0 Å². The van der Waals surface area contributed by atoms with Gasteiger partial charge in [-0.05, 0) is 36.1 Å². The van der Waals surface area contributed by atoms with E-state index in [1.165, 1.54) is 4.57 Å². The fourth-order valence-electron chi connectivity index (χ4n) is 2.55. The SMILES string of the molecule is Cc1nc(C#Cc2ccc(-c3ccccc3)cc2)n(C)c1C(=O)O. The highest BCUT2D eigenvalue weighted by Crippen LogP contribution is 2.19. The lowest BCUT2D eigenvalue weighted by Gasteiger charge is -2.01. The van der Waals surface area contributed by atoms with Crippen molar-refractivity contribution in [3.05, 3.63) is 77.4 Å². The number of carboxylic acids is 1. The van der Waals surface area contributed by atoms with Crippen molar-refractivity contribution in [2.24, 2.45) is 7.05 Å². The fourth-order valence-corrected chi connectivity index (χ4v) is 2.55. The molecule has 1 heterocycles. The molecule has 4 nitrogen and oxygen atoms in total. The van der Waals surface area contributed by atoms with Crippen molar-refractivity contribution >= 4 is 5.97 Å². The molecule has 0 amide bonds. The number of nitrogens with zero attached hydrogens (tertiary/aromatic N) is 2. The lowest BCUT2D eigenvalue weighted by atomic mass is 10.0. The summed E-state index contributed by atoms with van der Waals surface area (Å²) in [7, 11) is 1.66. The van der Waals surface area contributed by atoms with Gasteiger partial charge in [-0.2, -0.15) is 0 Å². The Labute approximate surface area is 140 Å². The second-order valence-electron chi connectivity index (χ2n) is 5.43. The minimum atomic E-state index is -0.997. The fraction of sp³-hybridized carbons (Fsp3) is 0.100. The summed E-state index contributed by atoms with van der Waals surface area (Å²) in [4.78, 5) is 15.4. The molecule has 118 valence electrons.